The van der Waals surface area contributed by atoms with E-state index in [1.807, 2.05) is 6.07 Å². The molecule has 0 amide bonds. The molecule has 16 heavy (non-hydrogen) atoms. The minimum Gasteiger partial charge on any atom is -0.440 e. The minimum atomic E-state index is -0.542. The molecule has 0 fully saturated rings. The molecule has 0 saturated carbocycles. The Hall–Kier alpha value is -1.62. The summed E-state index contributed by atoms with van der Waals surface area (Å²) >= 11 is 6.10. The van der Waals surface area contributed by atoms with Crippen LogP contribution in [0, 0.1) is 0 Å². The highest BCUT2D eigenvalue weighted by atomic mass is 35.5. The van der Waals surface area contributed by atoms with E-state index in [1.165, 1.54) is 11.6 Å². The van der Waals surface area contributed by atoms with Crippen LogP contribution in [-0.2, 0) is 9.53 Å². The zero-order valence-electron chi connectivity index (χ0n) is 8.85. The first-order chi connectivity index (χ1) is 7.59. The van der Waals surface area contributed by atoms with E-state index in [2.05, 4.69) is 10.1 Å². The third kappa shape index (κ3) is 1.86. The monoisotopic (exact) mass is 239 g/mol. The number of rotatable bonds is 2. The highest BCUT2D eigenvalue weighted by molar-refractivity contribution is 6.34. The number of esters is 1. The molecule has 0 radical (unpaired) electrons. The fourth-order valence-corrected chi connectivity index (χ4v) is 1.76. The lowest BCUT2D eigenvalue weighted by atomic mass is 10.4. The van der Waals surface area contributed by atoms with Crippen LogP contribution in [0.1, 0.15) is 20.1 Å². The van der Waals surface area contributed by atoms with Crippen LogP contribution in [0.2, 0.25) is 5.15 Å². The molecule has 0 saturated heterocycles. The van der Waals surface area contributed by atoms with E-state index in [4.69, 9.17) is 16.3 Å². The Bertz CT molecular complexity index is 538. The van der Waals surface area contributed by atoms with Crippen molar-refractivity contribution in [1.82, 2.24) is 14.8 Å². The lowest BCUT2D eigenvalue weighted by Crippen LogP contribution is -2.13. The van der Waals surface area contributed by atoms with Crippen LogP contribution >= 0.6 is 11.6 Å². The van der Waals surface area contributed by atoms with Gasteiger partial charge in [0, 0.05) is 13.1 Å². The van der Waals surface area contributed by atoms with E-state index < -0.39 is 6.23 Å². The number of carbonyl (C=O) groups is 1. The van der Waals surface area contributed by atoms with Crippen LogP contribution in [0.3, 0.4) is 0 Å². The van der Waals surface area contributed by atoms with Gasteiger partial charge in [-0.05, 0) is 19.1 Å². The largest absolute Gasteiger partial charge is 0.440 e. The van der Waals surface area contributed by atoms with E-state index >= 15 is 0 Å². The van der Waals surface area contributed by atoms with Crippen molar-refractivity contribution in [2.75, 3.05) is 0 Å². The second kappa shape index (κ2) is 4.09. The molecular formula is C10H10ClN3O2. The van der Waals surface area contributed by atoms with E-state index in [-0.39, 0.29) is 5.97 Å². The van der Waals surface area contributed by atoms with Crippen LogP contribution < -0.4 is 0 Å². The van der Waals surface area contributed by atoms with Crippen molar-refractivity contribution < 1.29 is 9.53 Å². The van der Waals surface area contributed by atoms with Crippen LogP contribution in [0.25, 0.3) is 11.0 Å². The normalized spacial score (nSPS) is 12.7. The minimum absolute atomic E-state index is 0.379. The third-order valence-corrected chi connectivity index (χ3v) is 2.47. The van der Waals surface area contributed by atoms with Crippen molar-refractivity contribution in [3.63, 3.8) is 0 Å². The molecule has 2 heterocycles. The SMILES string of the molecule is CC(=O)OC(C)n1nc2ncccc2c1Cl. The molecule has 0 spiro atoms. The van der Waals surface area contributed by atoms with Gasteiger partial charge in [0.25, 0.3) is 0 Å². The molecule has 84 valence electrons. The van der Waals surface area contributed by atoms with Crippen molar-refractivity contribution in [2.24, 2.45) is 0 Å². The zero-order chi connectivity index (χ0) is 11.7. The molecule has 2 aromatic heterocycles. The van der Waals surface area contributed by atoms with Crippen molar-refractivity contribution in [1.29, 1.82) is 0 Å². The standard InChI is InChI=1S/C10H10ClN3O2/c1-6(16-7(2)15)14-9(11)8-4-3-5-12-10(8)13-14/h3-6H,1-2H3. The van der Waals surface area contributed by atoms with Gasteiger partial charge in [0.2, 0.25) is 0 Å². The van der Waals surface area contributed by atoms with Gasteiger partial charge in [0.15, 0.2) is 11.9 Å². The number of aromatic nitrogens is 3. The first-order valence-electron chi connectivity index (χ1n) is 4.75. The highest BCUT2D eigenvalue weighted by Gasteiger charge is 2.16. The summed E-state index contributed by atoms with van der Waals surface area (Å²) < 4.78 is 6.43. The predicted molar refractivity (Wildman–Crippen MR) is 59.0 cm³/mol. The molecule has 2 aromatic rings. The van der Waals surface area contributed by atoms with Gasteiger partial charge in [-0.15, -0.1) is 5.10 Å². The first-order valence-corrected chi connectivity index (χ1v) is 5.13. The first kappa shape index (κ1) is 10.9. The van der Waals surface area contributed by atoms with Gasteiger partial charge in [-0.3, -0.25) is 4.79 Å². The summed E-state index contributed by atoms with van der Waals surface area (Å²) in [5, 5.41) is 5.31. The molecule has 6 heteroatoms. The maximum absolute atomic E-state index is 10.8. The molecule has 2 rings (SSSR count). The number of ether oxygens (including phenoxy) is 1. The molecule has 5 nitrogen and oxygen atoms in total. The summed E-state index contributed by atoms with van der Waals surface area (Å²) in [4.78, 5) is 14.9. The molecule has 0 aliphatic rings. The van der Waals surface area contributed by atoms with Gasteiger partial charge in [0.05, 0.1) is 5.39 Å². The van der Waals surface area contributed by atoms with Gasteiger partial charge >= 0.3 is 5.97 Å². The number of halogens is 1. The number of fused-ring (bicyclic) bond motifs is 1. The number of hydrogen-bond acceptors (Lipinski definition) is 4. The Labute approximate surface area is 97.0 Å². The topological polar surface area (TPSA) is 57.0 Å². The number of pyridine rings is 1. The number of hydrogen-bond donors (Lipinski definition) is 0. The summed E-state index contributed by atoms with van der Waals surface area (Å²) in [5.74, 6) is -0.379. The Morgan fingerprint density at radius 1 is 1.62 bits per heavy atom. The van der Waals surface area contributed by atoms with E-state index in [1.54, 1.807) is 19.2 Å². The molecule has 0 N–H and O–H groups in total. The van der Waals surface area contributed by atoms with Crippen LogP contribution in [0.15, 0.2) is 18.3 Å². The fourth-order valence-electron chi connectivity index (χ4n) is 1.44. The van der Waals surface area contributed by atoms with Gasteiger partial charge in [-0.25, -0.2) is 9.67 Å². The van der Waals surface area contributed by atoms with E-state index in [9.17, 15) is 4.79 Å². The zero-order valence-corrected chi connectivity index (χ0v) is 9.60. The average molecular weight is 240 g/mol. The van der Waals surface area contributed by atoms with Gasteiger partial charge in [-0.1, -0.05) is 11.6 Å². The maximum atomic E-state index is 10.8. The van der Waals surface area contributed by atoms with Gasteiger partial charge < -0.3 is 4.74 Å². The molecule has 0 aliphatic carbocycles. The quantitative estimate of drug-likeness (QED) is 0.754. The fraction of sp³-hybridized carbons (Fsp3) is 0.300. The molecule has 0 aromatic carbocycles. The molecule has 0 aliphatic heterocycles. The Balaban J connectivity index is 2.45. The summed E-state index contributed by atoms with van der Waals surface area (Å²) in [7, 11) is 0. The highest BCUT2D eigenvalue weighted by Crippen LogP contribution is 2.24. The molecule has 0 bridgehead atoms. The van der Waals surface area contributed by atoms with E-state index in [0.29, 0.717) is 10.8 Å². The third-order valence-electron chi connectivity index (χ3n) is 2.09. The second-order valence-electron chi connectivity index (χ2n) is 3.32. The van der Waals surface area contributed by atoms with Crippen molar-refractivity contribution in [3.8, 4) is 0 Å². The van der Waals surface area contributed by atoms with Crippen LogP contribution in [-0.4, -0.2) is 20.7 Å². The Morgan fingerprint density at radius 2 is 2.38 bits per heavy atom. The number of carbonyl (C=O) groups excluding carboxylic acids is 1. The van der Waals surface area contributed by atoms with E-state index in [0.717, 1.165) is 5.39 Å². The van der Waals surface area contributed by atoms with Gasteiger partial charge in [0.1, 0.15) is 5.15 Å². The van der Waals surface area contributed by atoms with Crippen LogP contribution in [0.5, 0.6) is 0 Å². The molecular weight excluding hydrogens is 230 g/mol. The van der Waals surface area contributed by atoms with Crippen molar-refractivity contribution in [3.05, 3.63) is 23.5 Å². The average Bonchev–Trinajstić information content (AvgIpc) is 2.56. The summed E-state index contributed by atoms with van der Waals surface area (Å²) in [6.07, 6.45) is 1.09. The summed E-state index contributed by atoms with van der Waals surface area (Å²) in [6, 6.07) is 3.59. The lowest BCUT2D eigenvalue weighted by Gasteiger charge is -2.12. The predicted octanol–water partition coefficient (Wildman–Crippen LogP) is 2.17. The Kier molecular flexibility index (Phi) is 2.78. The lowest BCUT2D eigenvalue weighted by molar-refractivity contribution is -0.150. The van der Waals surface area contributed by atoms with Gasteiger partial charge in [-0.2, -0.15) is 0 Å². The second-order valence-corrected chi connectivity index (χ2v) is 3.68. The smallest absolute Gasteiger partial charge is 0.304 e. The summed E-state index contributed by atoms with van der Waals surface area (Å²) in [5.41, 5.74) is 0.534. The maximum Gasteiger partial charge on any atom is 0.304 e. The number of nitrogens with zero attached hydrogens (tertiary/aromatic N) is 3. The Morgan fingerprint density at radius 3 is 3.00 bits per heavy atom. The molecule has 1 unspecified atom stereocenters. The van der Waals surface area contributed by atoms with Crippen molar-refractivity contribution >= 4 is 28.6 Å². The van der Waals surface area contributed by atoms with Crippen molar-refractivity contribution in [2.45, 2.75) is 20.1 Å². The molecule has 1 atom stereocenters. The van der Waals surface area contributed by atoms with Crippen LogP contribution in [0.4, 0.5) is 0 Å². The summed E-state index contributed by atoms with van der Waals surface area (Å²) in [6.45, 7) is 3.03.